The normalized spacial score (nSPS) is 15.8. The van der Waals surface area contributed by atoms with Crippen LogP contribution in [0.15, 0.2) is 47.5 Å². The number of carbonyl (C=O) groups excluding carboxylic acids is 1. The molecule has 1 aliphatic rings. The van der Waals surface area contributed by atoms with Crippen LogP contribution in [0.3, 0.4) is 0 Å². The molecule has 2 aromatic rings. The second-order valence-electron chi connectivity index (χ2n) is 7.39. The minimum atomic E-state index is -0.488. The summed E-state index contributed by atoms with van der Waals surface area (Å²) in [5.41, 5.74) is 2.83. The fourth-order valence-corrected chi connectivity index (χ4v) is 3.54. The molecule has 1 atom stereocenters. The lowest BCUT2D eigenvalue weighted by atomic mass is 10.2. The van der Waals surface area contributed by atoms with E-state index in [1.165, 1.54) is 7.11 Å². The monoisotopic (exact) mass is 441 g/mol. The van der Waals surface area contributed by atoms with Crippen LogP contribution in [0.5, 0.6) is 11.5 Å². The van der Waals surface area contributed by atoms with Crippen LogP contribution in [0.4, 0.5) is 16.2 Å². The van der Waals surface area contributed by atoms with Crippen molar-refractivity contribution < 1.29 is 19.0 Å². The molecule has 0 aliphatic carbocycles. The fraction of sp³-hybridized carbons (Fsp3) is 0.391. The van der Waals surface area contributed by atoms with Gasteiger partial charge in [0.2, 0.25) is 0 Å². The highest BCUT2D eigenvalue weighted by Gasteiger charge is 2.24. The number of anilines is 2. The van der Waals surface area contributed by atoms with E-state index in [1.807, 2.05) is 42.5 Å². The van der Waals surface area contributed by atoms with Gasteiger partial charge in [0, 0.05) is 62.3 Å². The van der Waals surface area contributed by atoms with E-state index in [4.69, 9.17) is 9.47 Å². The summed E-state index contributed by atoms with van der Waals surface area (Å²) in [4.78, 5) is 17.9. The highest BCUT2D eigenvalue weighted by molar-refractivity contribution is 5.84. The van der Waals surface area contributed by atoms with E-state index in [-0.39, 0.29) is 6.04 Å². The molecule has 9 nitrogen and oxygen atoms in total. The molecular weight excluding hydrogens is 410 g/mol. The van der Waals surface area contributed by atoms with Gasteiger partial charge in [-0.05, 0) is 24.1 Å². The fourth-order valence-electron chi connectivity index (χ4n) is 3.54. The van der Waals surface area contributed by atoms with Crippen molar-refractivity contribution >= 4 is 23.4 Å². The van der Waals surface area contributed by atoms with Crippen LogP contribution in [0.1, 0.15) is 12.0 Å². The number of ether oxygens (including phenoxy) is 3. The first kappa shape index (κ1) is 23.1. The summed E-state index contributed by atoms with van der Waals surface area (Å²) in [5.74, 6) is 2.30. The molecule has 2 aromatic carbocycles. The molecule has 0 radical (unpaired) electrons. The van der Waals surface area contributed by atoms with Crippen LogP contribution in [-0.2, 0) is 11.3 Å². The van der Waals surface area contributed by atoms with E-state index in [2.05, 4.69) is 30.6 Å². The Bertz CT molecular complexity index is 910. The highest BCUT2D eigenvalue weighted by atomic mass is 16.5. The third-order valence-electron chi connectivity index (χ3n) is 5.30. The zero-order valence-electron chi connectivity index (χ0n) is 19.0. The molecule has 0 saturated carbocycles. The second kappa shape index (κ2) is 11.1. The number of benzene rings is 2. The van der Waals surface area contributed by atoms with Crippen molar-refractivity contribution in [2.24, 2.45) is 4.99 Å². The van der Waals surface area contributed by atoms with E-state index in [0.29, 0.717) is 12.2 Å². The first-order valence-electron chi connectivity index (χ1n) is 10.4. The number of methoxy groups -OCH3 is 3. The standard InChI is InChI=1S/C23H31N5O4/c1-24-22(25-14-16-5-7-17(8-6-16)27-23(29)32-4)26-18-9-10-28(15-18)19-11-20(30-2)13-21(12-19)31-3/h5-8,11-13,18H,9-10,14-15H2,1-4H3,(H,27,29)(H2,24,25,26). The second-order valence-corrected chi connectivity index (χ2v) is 7.39. The number of nitrogens with one attached hydrogen (secondary N) is 3. The summed E-state index contributed by atoms with van der Waals surface area (Å²) < 4.78 is 15.4. The predicted octanol–water partition coefficient (Wildman–Crippen LogP) is 2.83. The Morgan fingerprint density at radius 3 is 2.38 bits per heavy atom. The number of nitrogens with zero attached hydrogens (tertiary/aromatic N) is 2. The molecule has 0 bridgehead atoms. The van der Waals surface area contributed by atoms with Gasteiger partial charge in [-0.2, -0.15) is 0 Å². The van der Waals surface area contributed by atoms with Crippen molar-refractivity contribution in [3.63, 3.8) is 0 Å². The third-order valence-corrected chi connectivity index (χ3v) is 5.30. The van der Waals surface area contributed by atoms with Gasteiger partial charge in [0.05, 0.1) is 21.3 Å². The Morgan fingerprint density at radius 1 is 1.09 bits per heavy atom. The third kappa shape index (κ3) is 6.19. The van der Waals surface area contributed by atoms with Gasteiger partial charge in [0.15, 0.2) is 5.96 Å². The lowest BCUT2D eigenvalue weighted by Crippen LogP contribution is -2.44. The van der Waals surface area contributed by atoms with Gasteiger partial charge in [-0.25, -0.2) is 4.79 Å². The van der Waals surface area contributed by atoms with Gasteiger partial charge in [0.25, 0.3) is 0 Å². The lowest BCUT2D eigenvalue weighted by Gasteiger charge is -2.21. The molecule has 0 aromatic heterocycles. The van der Waals surface area contributed by atoms with E-state index in [1.54, 1.807) is 21.3 Å². The smallest absolute Gasteiger partial charge is 0.411 e. The van der Waals surface area contributed by atoms with Gasteiger partial charge in [0.1, 0.15) is 11.5 Å². The topological polar surface area (TPSA) is 96.5 Å². The van der Waals surface area contributed by atoms with Crippen molar-refractivity contribution in [2.45, 2.75) is 19.0 Å². The average molecular weight is 442 g/mol. The van der Waals surface area contributed by atoms with E-state index >= 15 is 0 Å². The Morgan fingerprint density at radius 2 is 1.78 bits per heavy atom. The van der Waals surface area contributed by atoms with Gasteiger partial charge in [-0.15, -0.1) is 0 Å². The van der Waals surface area contributed by atoms with Crippen LogP contribution >= 0.6 is 0 Å². The van der Waals surface area contributed by atoms with Crippen LogP contribution in [0.25, 0.3) is 0 Å². The van der Waals surface area contributed by atoms with Crippen LogP contribution in [0, 0.1) is 0 Å². The SMILES string of the molecule is CN=C(NCc1ccc(NC(=O)OC)cc1)NC1CCN(c2cc(OC)cc(OC)c2)C1. The number of aliphatic imine (C=N–C) groups is 1. The Hall–Kier alpha value is -3.62. The first-order chi connectivity index (χ1) is 15.5. The average Bonchev–Trinajstić information content (AvgIpc) is 3.30. The molecule has 1 fully saturated rings. The number of amides is 1. The zero-order valence-corrected chi connectivity index (χ0v) is 19.0. The molecule has 1 heterocycles. The van der Waals surface area contributed by atoms with Crippen molar-refractivity contribution in [2.75, 3.05) is 51.7 Å². The summed E-state index contributed by atoms with van der Waals surface area (Å²) in [6.07, 6.45) is 0.507. The van der Waals surface area contributed by atoms with Gasteiger partial charge >= 0.3 is 6.09 Å². The maximum absolute atomic E-state index is 11.3. The number of guanidine groups is 1. The summed E-state index contributed by atoms with van der Waals surface area (Å²) >= 11 is 0. The Balaban J connectivity index is 1.52. The first-order valence-corrected chi connectivity index (χ1v) is 10.4. The minimum Gasteiger partial charge on any atom is -0.497 e. The molecular formula is C23H31N5O4. The van der Waals surface area contributed by atoms with Crippen molar-refractivity contribution in [1.82, 2.24) is 10.6 Å². The number of carbonyl (C=O) groups is 1. The molecule has 1 aliphatic heterocycles. The van der Waals surface area contributed by atoms with Crippen molar-refractivity contribution in [3.05, 3.63) is 48.0 Å². The van der Waals surface area contributed by atoms with E-state index in [9.17, 15) is 4.79 Å². The Kier molecular flexibility index (Phi) is 8.02. The summed E-state index contributed by atoms with van der Waals surface area (Å²) in [5, 5.41) is 9.48. The quantitative estimate of drug-likeness (QED) is 0.449. The molecule has 0 spiro atoms. The van der Waals surface area contributed by atoms with Crippen molar-refractivity contribution in [1.29, 1.82) is 0 Å². The van der Waals surface area contributed by atoms with E-state index in [0.717, 1.165) is 48.2 Å². The molecule has 1 unspecified atom stereocenters. The Labute approximate surface area is 188 Å². The molecule has 1 amide bonds. The van der Waals surface area contributed by atoms with Crippen LogP contribution in [-0.4, -0.2) is 59.6 Å². The molecule has 1 saturated heterocycles. The molecule has 172 valence electrons. The summed E-state index contributed by atoms with van der Waals surface area (Å²) in [7, 11) is 6.42. The molecule has 32 heavy (non-hydrogen) atoms. The van der Waals surface area contributed by atoms with Crippen LogP contribution < -0.4 is 30.3 Å². The largest absolute Gasteiger partial charge is 0.497 e. The molecule has 9 heteroatoms. The van der Waals surface area contributed by atoms with Crippen LogP contribution in [0.2, 0.25) is 0 Å². The number of rotatable bonds is 7. The molecule has 3 rings (SSSR count). The maximum Gasteiger partial charge on any atom is 0.411 e. The summed E-state index contributed by atoms with van der Waals surface area (Å²) in [6, 6.07) is 13.7. The zero-order chi connectivity index (χ0) is 22.9. The number of hydrogen-bond acceptors (Lipinski definition) is 6. The number of hydrogen-bond donors (Lipinski definition) is 3. The van der Waals surface area contributed by atoms with Crippen molar-refractivity contribution in [3.8, 4) is 11.5 Å². The highest BCUT2D eigenvalue weighted by Crippen LogP contribution is 2.30. The minimum absolute atomic E-state index is 0.269. The molecule has 3 N–H and O–H groups in total. The predicted molar refractivity (Wildman–Crippen MR) is 126 cm³/mol. The van der Waals surface area contributed by atoms with E-state index < -0.39 is 6.09 Å². The van der Waals surface area contributed by atoms with Gasteiger partial charge in [-0.3, -0.25) is 10.3 Å². The van der Waals surface area contributed by atoms with Gasteiger partial charge < -0.3 is 29.7 Å². The lowest BCUT2D eigenvalue weighted by molar-refractivity contribution is 0.187. The summed E-state index contributed by atoms with van der Waals surface area (Å²) in [6.45, 7) is 2.40. The van der Waals surface area contributed by atoms with Gasteiger partial charge in [-0.1, -0.05) is 12.1 Å². The maximum atomic E-state index is 11.3.